The number of rotatable bonds is 9. The quantitative estimate of drug-likeness (QED) is 0.285. The van der Waals surface area contributed by atoms with E-state index in [1.807, 2.05) is 18.9 Å². The second-order valence-corrected chi connectivity index (χ2v) is 11.0. The minimum Gasteiger partial charge on any atom is -0.497 e. The molecule has 1 aliphatic rings. The number of ether oxygens (including phenoxy) is 2. The first-order valence-electron chi connectivity index (χ1n) is 14.2. The molecule has 3 N–H and O–H groups in total. The maximum Gasteiger partial charge on any atom is 0.416 e. The van der Waals surface area contributed by atoms with Crippen molar-refractivity contribution in [2.24, 2.45) is 5.92 Å². The van der Waals surface area contributed by atoms with Crippen molar-refractivity contribution in [3.8, 4) is 11.5 Å². The van der Waals surface area contributed by atoms with Gasteiger partial charge in [-0.1, -0.05) is 25.1 Å². The topological polar surface area (TPSA) is 103 Å². The zero-order valence-corrected chi connectivity index (χ0v) is 25.0. The maximum absolute atomic E-state index is 13.7. The lowest BCUT2D eigenvalue weighted by atomic mass is 9.98. The summed E-state index contributed by atoms with van der Waals surface area (Å²) in [7, 11) is 3.38. The summed E-state index contributed by atoms with van der Waals surface area (Å²) in [5, 5.41) is 15.5. The molecule has 0 bridgehead atoms. The largest absolute Gasteiger partial charge is 0.497 e. The lowest BCUT2D eigenvalue weighted by Gasteiger charge is -2.38. The number of alkyl halides is 3. The molecular formula is C32H37F3N4O5. The molecule has 1 heterocycles. The molecular weight excluding hydrogens is 577 g/mol. The number of hydrogen-bond acceptors (Lipinski definition) is 6. The van der Waals surface area contributed by atoms with Gasteiger partial charge < -0.3 is 30.1 Å². The molecule has 44 heavy (non-hydrogen) atoms. The molecule has 0 aromatic heterocycles. The monoisotopic (exact) mass is 614 g/mol. The molecule has 0 saturated carbocycles. The number of para-hydroxylation sites is 1. The lowest BCUT2D eigenvalue weighted by Crippen LogP contribution is -2.49. The number of likely N-dealkylation sites (N-methyl/N-ethyl adjacent to an activating group) is 1. The number of carbonyl (C=O) groups is 2. The van der Waals surface area contributed by atoms with Gasteiger partial charge in [0.2, 0.25) is 0 Å². The van der Waals surface area contributed by atoms with Crippen molar-refractivity contribution in [1.29, 1.82) is 0 Å². The van der Waals surface area contributed by atoms with E-state index in [1.165, 1.54) is 12.1 Å². The molecule has 0 radical (unpaired) electrons. The van der Waals surface area contributed by atoms with Gasteiger partial charge in [0, 0.05) is 31.2 Å². The van der Waals surface area contributed by atoms with Crippen molar-refractivity contribution in [3.63, 3.8) is 0 Å². The SMILES string of the molecule is COc1ccc(NC(=O)Nc2cccc3c2O[C@@H](CN(C)Cc2ccc(C(F)(F)F)cc2)[C@@H](C)CN([C@@H](C)CO)C3=O)cc1. The zero-order valence-electron chi connectivity index (χ0n) is 25.0. The number of urea groups is 1. The fourth-order valence-corrected chi connectivity index (χ4v) is 5.00. The number of amides is 3. The fraction of sp³-hybridized carbons (Fsp3) is 0.375. The van der Waals surface area contributed by atoms with Crippen molar-refractivity contribution in [3.05, 3.63) is 83.4 Å². The minimum atomic E-state index is -4.41. The van der Waals surface area contributed by atoms with Crippen LogP contribution in [-0.4, -0.2) is 72.8 Å². The number of carbonyl (C=O) groups excluding carboxylic acids is 2. The van der Waals surface area contributed by atoms with Crippen LogP contribution in [0.5, 0.6) is 11.5 Å². The molecule has 236 valence electrons. The lowest BCUT2D eigenvalue weighted by molar-refractivity contribution is -0.137. The molecule has 12 heteroatoms. The molecule has 4 rings (SSSR count). The van der Waals surface area contributed by atoms with Crippen LogP contribution >= 0.6 is 0 Å². The van der Waals surface area contributed by atoms with Crippen LogP contribution in [-0.2, 0) is 12.7 Å². The fourth-order valence-electron chi connectivity index (χ4n) is 5.00. The summed E-state index contributed by atoms with van der Waals surface area (Å²) in [6, 6.07) is 15.7. The molecule has 3 aromatic rings. The van der Waals surface area contributed by atoms with Crippen LogP contribution < -0.4 is 20.1 Å². The summed E-state index contributed by atoms with van der Waals surface area (Å²) in [6.07, 6.45) is -4.89. The molecule has 0 spiro atoms. The highest BCUT2D eigenvalue weighted by atomic mass is 19.4. The molecule has 3 amide bonds. The number of nitrogens with one attached hydrogen (secondary N) is 2. The third-order valence-electron chi connectivity index (χ3n) is 7.51. The van der Waals surface area contributed by atoms with E-state index in [4.69, 9.17) is 9.47 Å². The highest BCUT2D eigenvalue weighted by Crippen LogP contribution is 2.35. The van der Waals surface area contributed by atoms with Gasteiger partial charge in [0.15, 0.2) is 5.75 Å². The Morgan fingerprint density at radius 3 is 2.41 bits per heavy atom. The highest BCUT2D eigenvalue weighted by molar-refractivity contribution is 6.04. The van der Waals surface area contributed by atoms with E-state index in [9.17, 15) is 27.9 Å². The smallest absolute Gasteiger partial charge is 0.416 e. The Kier molecular flexibility index (Phi) is 10.4. The van der Waals surface area contributed by atoms with Gasteiger partial charge in [-0.3, -0.25) is 9.69 Å². The number of anilines is 2. The minimum absolute atomic E-state index is 0.192. The van der Waals surface area contributed by atoms with Gasteiger partial charge in [0.05, 0.1) is 36.6 Å². The van der Waals surface area contributed by atoms with Crippen molar-refractivity contribution in [1.82, 2.24) is 9.80 Å². The predicted octanol–water partition coefficient (Wildman–Crippen LogP) is 5.71. The molecule has 0 saturated heterocycles. The van der Waals surface area contributed by atoms with Crippen molar-refractivity contribution in [2.75, 3.05) is 44.5 Å². The molecule has 1 aliphatic heterocycles. The molecule has 3 atom stereocenters. The van der Waals surface area contributed by atoms with Crippen molar-refractivity contribution in [2.45, 2.75) is 38.7 Å². The second-order valence-electron chi connectivity index (χ2n) is 11.0. The number of halogens is 3. The number of nitrogens with zero attached hydrogens (tertiary/aromatic N) is 2. The molecule has 9 nitrogen and oxygen atoms in total. The predicted molar refractivity (Wildman–Crippen MR) is 161 cm³/mol. The van der Waals surface area contributed by atoms with Gasteiger partial charge in [-0.15, -0.1) is 0 Å². The average molecular weight is 615 g/mol. The van der Waals surface area contributed by atoms with E-state index in [0.29, 0.717) is 36.6 Å². The van der Waals surface area contributed by atoms with Crippen LogP contribution in [0.2, 0.25) is 0 Å². The Balaban J connectivity index is 1.59. The Bertz CT molecular complexity index is 1430. The zero-order chi connectivity index (χ0) is 32.0. The van der Waals surface area contributed by atoms with Gasteiger partial charge in [-0.2, -0.15) is 13.2 Å². The third-order valence-corrected chi connectivity index (χ3v) is 7.51. The number of aliphatic hydroxyl groups excluding tert-OH is 1. The number of methoxy groups -OCH3 is 1. The number of fused-ring (bicyclic) bond motifs is 1. The number of benzene rings is 3. The number of hydrogen-bond donors (Lipinski definition) is 3. The van der Waals surface area contributed by atoms with Gasteiger partial charge in [0.25, 0.3) is 5.91 Å². The first kappa shape index (κ1) is 32.6. The van der Waals surface area contributed by atoms with E-state index in [2.05, 4.69) is 10.6 Å². The summed E-state index contributed by atoms with van der Waals surface area (Å²) < 4.78 is 50.7. The summed E-state index contributed by atoms with van der Waals surface area (Å²) in [5.74, 6) is 0.274. The van der Waals surface area contributed by atoms with Crippen LogP contribution in [0, 0.1) is 5.92 Å². The summed E-state index contributed by atoms with van der Waals surface area (Å²) in [5.41, 5.74) is 1.02. The van der Waals surface area contributed by atoms with Crippen LogP contribution in [0.4, 0.5) is 29.3 Å². The van der Waals surface area contributed by atoms with E-state index in [0.717, 1.165) is 12.1 Å². The Morgan fingerprint density at radius 1 is 1.11 bits per heavy atom. The van der Waals surface area contributed by atoms with E-state index < -0.39 is 29.9 Å². The highest BCUT2D eigenvalue weighted by Gasteiger charge is 2.35. The van der Waals surface area contributed by atoms with Crippen LogP contribution in [0.3, 0.4) is 0 Å². The van der Waals surface area contributed by atoms with Crippen LogP contribution in [0.1, 0.15) is 35.3 Å². The van der Waals surface area contributed by atoms with Gasteiger partial charge in [0.1, 0.15) is 11.9 Å². The van der Waals surface area contributed by atoms with E-state index >= 15 is 0 Å². The van der Waals surface area contributed by atoms with E-state index in [-0.39, 0.29) is 35.4 Å². The molecule has 0 unspecified atom stereocenters. The Morgan fingerprint density at radius 2 is 1.80 bits per heavy atom. The number of aliphatic hydroxyl groups is 1. The van der Waals surface area contributed by atoms with Gasteiger partial charge in [-0.25, -0.2) is 4.79 Å². The summed E-state index contributed by atoms with van der Waals surface area (Å²) in [6.45, 7) is 4.46. The molecule has 3 aromatic carbocycles. The second kappa shape index (κ2) is 14.0. The molecule has 0 aliphatic carbocycles. The first-order valence-corrected chi connectivity index (χ1v) is 14.2. The van der Waals surface area contributed by atoms with Crippen molar-refractivity contribution >= 4 is 23.3 Å². The molecule has 0 fully saturated rings. The maximum atomic E-state index is 13.7. The first-order chi connectivity index (χ1) is 20.9. The van der Waals surface area contributed by atoms with Gasteiger partial charge in [-0.05, 0) is 68.1 Å². The van der Waals surface area contributed by atoms with Crippen LogP contribution in [0.25, 0.3) is 0 Å². The Hall–Kier alpha value is -4.29. The standard InChI is InChI=1S/C32H37F3N4O5/c1-20-16-39(21(2)19-40)30(41)26-6-5-7-27(37-31(42)36-24-12-14-25(43-4)15-13-24)29(26)44-28(20)18-38(3)17-22-8-10-23(11-9-22)32(33,34)35/h5-15,20-21,28,40H,16-19H2,1-4H3,(H2,36,37,42)/t20-,21-,28-/m0/s1. The third kappa shape index (κ3) is 8.00. The van der Waals surface area contributed by atoms with Crippen molar-refractivity contribution < 1.29 is 37.3 Å². The summed E-state index contributed by atoms with van der Waals surface area (Å²) in [4.78, 5) is 30.2. The van der Waals surface area contributed by atoms with E-state index in [1.54, 1.807) is 61.4 Å². The summed E-state index contributed by atoms with van der Waals surface area (Å²) >= 11 is 0. The normalized spacial score (nSPS) is 17.7. The average Bonchev–Trinajstić information content (AvgIpc) is 2.99. The van der Waals surface area contributed by atoms with Gasteiger partial charge >= 0.3 is 12.2 Å². The van der Waals surface area contributed by atoms with Crippen LogP contribution in [0.15, 0.2) is 66.7 Å². The Labute approximate surface area is 254 Å².